The molecular weight excluding hydrogens is 356 g/mol. The average Bonchev–Trinajstić information content (AvgIpc) is 3.18. The first-order chi connectivity index (χ1) is 13.7. The fourth-order valence-corrected chi connectivity index (χ4v) is 3.75. The van der Waals surface area contributed by atoms with Crippen molar-refractivity contribution in [2.75, 3.05) is 32.1 Å². The minimum absolute atomic E-state index is 0.0718. The molecule has 1 spiro atoms. The summed E-state index contributed by atoms with van der Waals surface area (Å²) >= 11 is 0. The van der Waals surface area contributed by atoms with Gasteiger partial charge in [0, 0.05) is 12.3 Å². The highest BCUT2D eigenvalue weighted by Gasteiger charge is 2.48. The van der Waals surface area contributed by atoms with E-state index in [9.17, 15) is 4.79 Å². The quantitative estimate of drug-likeness (QED) is 0.825. The second-order valence-corrected chi connectivity index (χ2v) is 7.46. The molecule has 1 N–H and O–H groups in total. The lowest BCUT2D eigenvalue weighted by atomic mass is 9.91. The summed E-state index contributed by atoms with van der Waals surface area (Å²) < 4.78 is 16.7. The van der Waals surface area contributed by atoms with Crippen molar-refractivity contribution >= 4 is 11.7 Å². The first-order valence-corrected chi connectivity index (χ1v) is 9.65. The van der Waals surface area contributed by atoms with Gasteiger partial charge in [-0.3, -0.25) is 0 Å². The lowest BCUT2D eigenvalue weighted by Crippen LogP contribution is -2.63. The summed E-state index contributed by atoms with van der Waals surface area (Å²) in [6.45, 7) is 3.19. The Morgan fingerprint density at radius 3 is 2.64 bits per heavy atom. The summed E-state index contributed by atoms with van der Waals surface area (Å²) in [6, 6.07) is 15.5. The van der Waals surface area contributed by atoms with E-state index in [0.29, 0.717) is 26.3 Å². The van der Waals surface area contributed by atoms with Gasteiger partial charge in [-0.25, -0.2) is 4.79 Å². The molecule has 148 valence electrons. The number of amides is 2. The number of ether oxygens (including phenoxy) is 3. The molecule has 2 aromatic rings. The maximum absolute atomic E-state index is 12.4. The SMILES string of the molecule is COc1ccc(COCc2cccc(NC(=O)N3CC4(CCCO4)C3)c2)cc1. The predicted octanol–water partition coefficient (Wildman–Crippen LogP) is 3.81. The van der Waals surface area contributed by atoms with Crippen LogP contribution in [0.25, 0.3) is 0 Å². The van der Waals surface area contributed by atoms with E-state index in [1.165, 1.54) is 0 Å². The van der Waals surface area contributed by atoms with Gasteiger partial charge in [0.05, 0.1) is 33.4 Å². The topological polar surface area (TPSA) is 60.0 Å². The molecule has 28 heavy (non-hydrogen) atoms. The summed E-state index contributed by atoms with van der Waals surface area (Å²) in [4.78, 5) is 14.2. The van der Waals surface area contributed by atoms with Gasteiger partial charge in [-0.2, -0.15) is 0 Å². The van der Waals surface area contributed by atoms with E-state index in [1.807, 2.05) is 48.5 Å². The molecule has 0 aromatic heterocycles. The summed E-state index contributed by atoms with van der Waals surface area (Å²) in [7, 11) is 1.65. The standard InChI is InChI=1S/C22H26N2O4/c1-26-20-8-6-17(7-9-20)13-27-14-18-4-2-5-19(12-18)23-21(25)24-15-22(16-24)10-3-11-28-22/h2,4-9,12H,3,10-11,13-16H2,1H3,(H,23,25). The number of urea groups is 1. The van der Waals surface area contributed by atoms with Crippen molar-refractivity contribution in [1.82, 2.24) is 4.90 Å². The molecular formula is C22H26N2O4. The van der Waals surface area contributed by atoms with Gasteiger partial charge in [0.15, 0.2) is 0 Å². The molecule has 6 nitrogen and oxygen atoms in total. The van der Waals surface area contributed by atoms with Crippen LogP contribution in [0.15, 0.2) is 48.5 Å². The maximum Gasteiger partial charge on any atom is 0.322 e. The number of methoxy groups -OCH3 is 1. The molecule has 2 aliphatic rings. The average molecular weight is 382 g/mol. The predicted molar refractivity (Wildman–Crippen MR) is 106 cm³/mol. The van der Waals surface area contributed by atoms with Crippen LogP contribution in [0.3, 0.4) is 0 Å². The zero-order valence-corrected chi connectivity index (χ0v) is 16.1. The van der Waals surface area contributed by atoms with E-state index in [-0.39, 0.29) is 11.6 Å². The molecule has 2 fully saturated rings. The van der Waals surface area contributed by atoms with Crippen LogP contribution < -0.4 is 10.1 Å². The number of rotatable bonds is 6. The van der Waals surface area contributed by atoms with E-state index < -0.39 is 0 Å². The van der Waals surface area contributed by atoms with E-state index in [0.717, 1.165) is 42.0 Å². The van der Waals surface area contributed by atoms with Gasteiger partial charge in [-0.15, -0.1) is 0 Å². The van der Waals surface area contributed by atoms with Gasteiger partial charge in [-0.1, -0.05) is 24.3 Å². The Kier molecular flexibility index (Phi) is 5.50. The Morgan fingerprint density at radius 1 is 1.14 bits per heavy atom. The molecule has 2 aliphatic heterocycles. The zero-order chi connectivity index (χ0) is 19.4. The van der Waals surface area contributed by atoms with E-state index >= 15 is 0 Å². The van der Waals surface area contributed by atoms with Crippen molar-refractivity contribution < 1.29 is 19.0 Å². The molecule has 2 amide bonds. The molecule has 0 aliphatic carbocycles. The van der Waals surface area contributed by atoms with Crippen LogP contribution in [-0.2, 0) is 22.7 Å². The summed E-state index contributed by atoms with van der Waals surface area (Å²) in [6.07, 6.45) is 2.14. The number of benzene rings is 2. The molecule has 2 aromatic carbocycles. The highest BCUT2D eigenvalue weighted by Crippen LogP contribution is 2.35. The number of anilines is 1. The third kappa shape index (κ3) is 4.29. The lowest BCUT2D eigenvalue weighted by Gasteiger charge is -2.46. The zero-order valence-electron chi connectivity index (χ0n) is 16.1. The van der Waals surface area contributed by atoms with Crippen molar-refractivity contribution in [3.63, 3.8) is 0 Å². The van der Waals surface area contributed by atoms with Crippen molar-refractivity contribution in [1.29, 1.82) is 0 Å². The molecule has 0 bridgehead atoms. The van der Waals surface area contributed by atoms with Gasteiger partial charge < -0.3 is 24.4 Å². The highest BCUT2D eigenvalue weighted by molar-refractivity contribution is 5.90. The summed E-state index contributed by atoms with van der Waals surface area (Å²) in [5.74, 6) is 0.833. The van der Waals surface area contributed by atoms with Crippen LogP contribution in [0.5, 0.6) is 5.75 Å². The number of likely N-dealkylation sites (tertiary alicyclic amines) is 1. The van der Waals surface area contributed by atoms with Crippen molar-refractivity contribution in [3.05, 3.63) is 59.7 Å². The minimum Gasteiger partial charge on any atom is -0.497 e. The first-order valence-electron chi connectivity index (χ1n) is 9.65. The fourth-order valence-electron chi connectivity index (χ4n) is 3.75. The van der Waals surface area contributed by atoms with Crippen LogP contribution in [0.2, 0.25) is 0 Å². The third-order valence-electron chi connectivity index (χ3n) is 5.30. The van der Waals surface area contributed by atoms with Crippen molar-refractivity contribution in [2.24, 2.45) is 0 Å². The first kappa shape index (κ1) is 18.8. The Hall–Kier alpha value is -2.57. The Balaban J connectivity index is 1.25. The Morgan fingerprint density at radius 2 is 1.93 bits per heavy atom. The van der Waals surface area contributed by atoms with Gasteiger partial charge >= 0.3 is 6.03 Å². The molecule has 0 unspecified atom stereocenters. The molecule has 0 atom stereocenters. The summed E-state index contributed by atoms with van der Waals surface area (Å²) in [5.41, 5.74) is 2.81. The summed E-state index contributed by atoms with van der Waals surface area (Å²) in [5, 5.41) is 2.97. The molecule has 0 saturated carbocycles. The second-order valence-electron chi connectivity index (χ2n) is 7.46. The second kappa shape index (κ2) is 8.20. The van der Waals surface area contributed by atoms with Crippen molar-refractivity contribution in [3.8, 4) is 5.75 Å². The third-order valence-corrected chi connectivity index (χ3v) is 5.30. The van der Waals surface area contributed by atoms with Gasteiger partial charge in [0.1, 0.15) is 11.4 Å². The Labute approximate surface area is 165 Å². The molecule has 0 radical (unpaired) electrons. The lowest BCUT2D eigenvalue weighted by molar-refractivity contribution is -0.0893. The van der Waals surface area contributed by atoms with Crippen LogP contribution in [0.4, 0.5) is 10.5 Å². The van der Waals surface area contributed by atoms with Gasteiger partial charge in [0.25, 0.3) is 0 Å². The van der Waals surface area contributed by atoms with Crippen LogP contribution in [0.1, 0.15) is 24.0 Å². The normalized spacial score (nSPS) is 17.4. The molecule has 4 rings (SSSR count). The van der Waals surface area contributed by atoms with E-state index in [4.69, 9.17) is 14.2 Å². The largest absolute Gasteiger partial charge is 0.497 e. The number of hydrogen-bond donors (Lipinski definition) is 1. The highest BCUT2D eigenvalue weighted by atomic mass is 16.5. The number of nitrogens with zero attached hydrogens (tertiary/aromatic N) is 1. The number of hydrogen-bond acceptors (Lipinski definition) is 4. The molecule has 2 saturated heterocycles. The van der Waals surface area contributed by atoms with E-state index in [1.54, 1.807) is 12.0 Å². The minimum atomic E-state index is -0.0749. The monoisotopic (exact) mass is 382 g/mol. The number of carbonyl (C=O) groups excluding carboxylic acids is 1. The van der Waals surface area contributed by atoms with Crippen LogP contribution in [-0.4, -0.2) is 43.3 Å². The molecule has 2 heterocycles. The molecule has 6 heteroatoms. The van der Waals surface area contributed by atoms with Gasteiger partial charge in [-0.05, 0) is 48.2 Å². The number of carbonyl (C=O) groups is 1. The van der Waals surface area contributed by atoms with Crippen molar-refractivity contribution in [2.45, 2.75) is 31.7 Å². The maximum atomic E-state index is 12.4. The number of nitrogens with one attached hydrogen (secondary N) is 1. The van der Waals surface area contributed by atoms with Crippen LogP contribution in [0, 0.1) is 0 Å². The fraction of sp³-hybridized carbons (Fsp3) is 0.409. The van der Waals surface area contributed by atoms with Crippen LogP contribution >= 0.6 is 0 Å². The van der Waals surface area contributed by atoms with E-state index in [2.05, 4.69) is 5.32 Å². The Bertz CT molecular complexity index is 808. The smallest absolute Gasteiger partial charge is 0.322 e. The van der Waals surface area contributed by atoms with Gasteiger partial charge in [0.2, 0.25) is 0 Å².